The van der Waals surface area contributed by atoms with E-state index in [2.05, 4.69) is 5.32 Å². The molecule has 1 aromatic carbocycles. The van der Waals surface area contributed by atoms with Crippen LogP contribution in [0.5, 0.6) is 0 Å². The summed E-state index contributed by atoms with van der Waals surface area (Å²) in [5, 5.41) is 11.9. The Labute approximate surface area is 105 Å². The first-order chi connectivity index (χ1) is 8.79. The van der Waals surface area contributed by atoms with Crippen molar-refractivity contribution in [1.29, 1.82) is 5.26 Å². The molecule has 1 aromatic rings. The fourth-order valence-corrected chi connectivity index (χ4v) is 1.80. The number of hydrogen-bond acceptors (Lipinski definition) is 4. The van der Waals surface area contributed by atoms with Crippen LogP contribution in [0, 0.1) is 17.1 Å². The monoisotopic (exact) mass is 250 g/mol. The van der Waals surface area contributed by atoms with Gasteiger partial charge >= 0.3 is 0 Å². The predicted molar refractivity (Wildman–Crippen MR) is 63.4 cm³/mol. The molecule has 1 saturated heterocycles. The van der Waals surface area contributed by atoms with Gasteiger partial charge < -0.3 is 14.8 Å². The molecule has 1 aliphatic rings. The molecule has 0 amide bonds. The molecular formula is C13H15FN2O2. The largest absolute Gasteiger partial charge is 0.376 e. The van der Waals surface area contributed by atoms with Gasteiger partial charge in [-0.2, -0.15) is 5.26 Å². The highest BCUT2D eigenvalue weighted by molar-refractivity contribution is 5.34. The molecular weight excluding hydrogens is 235 g/mol. The maximum absolute atomic E-state index is 13.1. The third-order valence-corrected chi connectivity index (χ3v) is 2.74. The number of rotatable bonds is 4. The van der Waals surface area contributed by atoms with Crippen molar-refractivity contribution in [2.75, 3.05) is 26.4 Å². The van der Waals surface area contributed by atoms with Crippen molar-refractivity contribution in [3.05, 3.63) is 35.1 Å². The second kappa shape index (κ2) is 6.45. The van der Waals surface area contributed by atoms with Gasteiger partial charge in [0.1, 0.15) is 11.9 Å². The van der Waals surface area contributed by atoms with Gasteiger partial charge in [-0.25, -0.2) is 4.39 Å². The van der Waals surface area contributed by atoms with Gasteiger partial charge in [0.25, 0.3) is 0 Å². The lowest BCUT2D eigenvalue weighted by Crippen LogP contribution is -2.37. The van der Waals surface area contributed by atoms with Gasteiger partial charge in [-0.3, -0.25) is 0 Å². The average Bonchev–Trinajstić information content (AvgIpc) is 2.42. The zero-order valence-electron chi connectivity index (χ0n) is 9.99. The molecule has 5 heteroatoms. The van der Waals surface area contributed by atoms with E-state index in [0.717, 1.165) is 5.56 Å². The molecule has 96 valence electrons. The summed E-state index contributed by atoms with van der Waals surface area (Å²) in [6.07, 6.45) is 0.0645. The maximum atomic E-state index is 13.1. The van der Waals surface area contributed by atoms with Crippen LogP contribution >= 0.6 is 0 Å². The Morgan fingerprint density at radius 3 is 3.06 bits per heavy atom. The minimum Gasteiger partial charge on any atom is -0.376 e. The van der Waals surface area contributed by atoms with E-state index in [1.54, 1.807) is 12.1 Å². The molecule has 0 bridgehead atoms. The minimum atomic E-state index is -0.481. The first-order valence-corrected chi connectivity index (χ1v) is 5.88. The fraction of sp³-hybridized carbons (Fsp3) is 0.462. The van der Waals surface area contributed by atoms with E-state index in [4.69, 9.17) is 14.7 Å². The summed E-state index contributed by atoms with van der Waals surface area (Å²) in [6.45, 7) is 3.13. The van der Waals surface area contributed by atoms with E-state index in [1.807, 2.05) is 6.07 Å². The third kappa shape index (κ3) is 3.50. The Kier molecular flexibility index (Phi) is 4.65. The number of ether oxygens (including phenoxy) is 2. The van der Waals surface area contributed by atoms with Gasteiger partial charge in [0, 0.05) is 13.1 Å². The number of benzene rings is 1. The van der Waals surface area contributed by atoms with E-state index >= 15 is 0 Å². The SMILES string of the molecule is N#Cc1cc(CNCC2COCCO2)ccc1F. The van der Waals surface area contributed by atoms with Crippen LogP contribution in [0.25, 0.3) is 0 Å². The lowest BCUT2D eigenvalue weighted by Gasteiger charge is -2.23. The van der Waals surface area contributed by atoms with E-state index in [0.29, 0.717) is 32.9 Å². The van der Waals surface area contributed by atoms with E-state index < -0.39 is 5.82 Å². The van der Waals surface area contributed by atoms with Crippen LogP contribution in [-0.2, 0) is 16.0 Å². The molecule has 0 aromatic heterocycles. The minimum absolute atomic E-state index is 0.0645. The van der Waals surface area contributed by atoms with Crippen molar-refractivity contribution < 1.29 is 13.9 Å². The molecule has 1 N–H and O–H groups in total. The van der Waals surface area contributed by atoms with Gasteiger partial charge in [-0.15, -0.1) is 0 Å². The zero-order chi connectivity index (χ0) is 12.8. The van der Waals surface area contributed by atoms with Gasteiger partial charge in [-0.05, 0) is 17.7 Å². The standard InChI is InChI=1S/C13H15FN2O2/c14-13-2-1-10(5-11(13)6-15)7-16-8-12-9-17-3-4-18-12/h1-2,5,12,16H,3-4,7-9H2. The molecule has 0 saturated carbocycles. The Bertz CT molecular complexity index is 439. The fourth-order valence-electron chi connectivity index (χ4n) is 1.80. The van der Waals surface area contributed by atoms with Crippen molar-refractivity contribution >= 4 is 0 Å². The molecule has 1 aliphatic heterocycles. The van der Waals surface area contributed by atoms with Gasteiger partial charge in [0.05, 0.1) is 31.5 Å². The van der Waals surface area contributed by atoms with Gasteiger partial charge in [0.2, 0.25) is 0 Å². The quantitative estimate of drug-likeness (QED) is 0.872. The number of nitriles is 1. The van der Waals surface area contributed by atoms with Crippen LogP contribution in [0.15, 0.2) is 18.2 Å². The molecule has 1 heterocycles. The number of halogens is 1. The first kappa shape index (κ1) is 13.0. The van der Waals surface area contributed by atoms with E-state index in [9.17, 15) is 4.39 Å². The number of nitrogens with one attached hydrogen (secondary N) is 1. The molecule has 0 radical (unpaired) electrons. The van der Waals surface area contributed by atoms with Gasteiger partial charge in [-0.1, -0.05) is 6.07 Å². The van der Waals surface area contributed by atoms with Crippen LogP contribution < -0.4 is 5.32 Å². The summed E-state index contributed by atoms with van der Waals surface area (Å²) in [5.74, 6) is -0.481. The lowest BCUT2D eigenvalue weighted by atomic mass is 10.1. The van der Waals surface area contributed by atoms with Crippen molar-refractivity contribution in [3.8, 4) is 6.07 Å². The Morgan fingerprint density at radius 1 is 1.44 bits per heavy atom. The highest BCUT2D eigenvalue weighted by Gasteiger charge is 2.13. The average molecular weight is 250 g/mol. The summed E-state index contributed by atoms with van der Waals surface area (Å²) in [7, 11) is 0. The van der Waals surface area contributed by atoms with Crippen molar-refractivity contribution in [2.45, 2.75) is 12.6 Å². The van der Waals surface area contributed by atoms with E-state index in [-0.39, 0.29) is 11.7 Å². The molecule has 1 unspecified atom stereocenters. The summed E-state index contributed by atoms with van der Waals surface area (Å²) in [4.78, 5) is 0. The van der Waals surface area contributed by atoms with Crippen molar-refractivity contribution in [3.63, 3.8) is 0 Å². The molecule has 2 rings (SSSR count). The Morgan fingerprint density at radius 2 is 2.33 bits per heavy atom. The smallest absolute Gasteiger partial charge is 0.140 e. The highest BCUT2D eigenvalue weighted by Crippen LogP contribution is 2.09. The molecule has 0 spiro atoms. The van der Waals surface area contributed by atoms with Crippen LogP contribution in [0.1, 0.15) is 11.1 Å². The second-order valence-electron chi connectivity index (χ2n) is 4.12. The van der Waals surface area contributed by atoms with E-state index in [1.165, 1.54) is 6.07 Å². The van der Waals surface area contributed by atoms with Crippen molar-refractivity contribution in [2.24, 2.45) is 0 Å². The van der Waals surface area contributed by atoms with Gasteiger partial charge in [0.15, 0.2) is 0 Å². The number of hydrogen-bond donors (Lipinski definition) is 1. The molecule has 1 fully saturated rings. The summed E-state index contributed by atoms with van der Waals surface area (Å²) < 4.78 is 23.9. The molecule has 0 aliphatic carbocycles. The number of nitrogens with zero attached hydrogens (tertiary/aromatic N) is 1. The zero-order valence-corrected chi connectivity index (χ0v) is 9.99. The summed E-state index contributed by atoms with van der Waals surface area (Å²) >= 11 is 0. The molecule has 4 nitrogen and oxygen atoms in total. The predicted octanol–water partition coefficient (Wildman–Crippen LogP) is 1.20. The topological polar surface area (TPSA) is 54.3 Å². The molecule has 18 heavy (non-hydrogen) atoms. The van der Waals surface area contributed by atoms with Crippen LogP contribution in [-0.4, -0.2) is 32.5 Å². The van der Waals surface area contributed by atoms with Crippen LogP contribution in [0.2, 0.25) is 0 Å². The summed E-state index contributed by atoms with van der Waals surface area (Å²) in [6, 6.07) is 6.37. The highest BCUT2D eigenvalue weighted by atomic mass is 19.1. The summed E-state index contributed by atoms with van der Waals surface area (Å²) in [5.41, 5.74) is 0.955. The Balaban J connectivity index is 1.81. The van der Waals surface area contributed by atoms with Crippen LogP contribution in [0.4, 0.5) is 4.39 Å². The van der Waals surface area contributed by atoms with Crippen molar-refractivity contribution in [1.82, 2.24) is 5.32 Å². The third-order valence-electron chi connectivity index (χ3n) is 2.74. The first-order valence-electron chi connectivity index (χ1n) is 5.88. The Hall–Kier alpha value is -1.48. The lowest BCUT2D eigenvalue weighted by molar-refractivity contribution is -0.0864. The second-order valence-corrected chi connectivity index (χ2v) is 4.12. The van der Waals surface area contributed by atoms with Crippen LogP contribution in [0.3, 0.4) is 0 Å². The molecule has 1 atom stereocenters. The maximum Gasteiger partial charge on any atom is 0.140 e. The normalized spacial score (nSPS) is 19.4.